The first-order valence-corrected chi connectivity index (χ1v) is 8.23. The maximum atomic E-state index is 5.65. The fourth-order valence-corrected chi connectivity index (χ4v) is 5.40. The van der Waals surface area contributed by atoms with Crippen LogP contribution in [-0.4, -0.2) is 27.1 Å². The summed E-state index contributed by atoms with van der Waals surface area (Å²) in [4.78, 5) is 0. The Bertz CT molecular complexity index is 141. The van der Waals surface area contributed by atoms with Gasteiger partial charge in [-0.3, -0.25) is 0 Å². The van der Waals surface area contributed by atoms with Crippen LogP contribution in [0.4, 0.5) is 0 Å². The third-order valence-corrected chi connectivity index (χ3v) is 5.30. The summed E-state index contributed by atoms with van der Waals surface area (Å²) in [6.45, 7) is 10.4. The third-order valence-electron chi connectivity index (χ3n) is 2.31. The van der Waals surface area contributed by atoms with E-state index < -0.39 is 8.07 Å². The minimum Gasteiger partial charge on any atom is -0.351 e. The van der Waals surface area contributed by atoms with E-state index in [1.165, 1.54) is 12.1 Å². The Morgan fingerprint density at radius 3 is 1.75 bits per heavy atom. The summed E-state index contributed by atoms with van der Waals surface area (Å²) < 4.78 is 11.3. The standard InChI is InChI=1S/C9H20O2Si/c1-5-10-9(11-6-2)7-12(3,4)8-9/h5-8H2,1-4H3. The predicted molar refractivity (Wildman–Crippen MR) is 53.1 cm³/mol. The highest BCUT2D eigenvalue weighted by Gasteiger charge is 2.52. The topological polar surface area (TPSA) is 18.5 Å². The molecule has 0 spiro atoms. The molecule has 0 bridgehead atoms. The lowest BCUT2D eigenvalue weighted by molar-refractivity contribution is -0.221. The zero-order valence-electron chi connectivity index (χ0n) is 8.64. The lowest BCUT2D eigenvalue weighted by atomic mass is 10.3. The van der Waals surface area contributed by atoms with Gasteiger partial charge in [0, 0.05) is 13.2 Å². The number of rotatable bonds is 4. The Balaban J connectivity index is 2.43. The van der Waals surface area contributed by atoms with E-state index in [0.29, 0.717) is 0 Å². The molecule has 1 rings (SSSR count). The van der Waals surface area contributed by atoms with Crippen molar-refractivity contribution in [1.29, 1.82) is 0 Å². The van der Waals surface area contributed by atoms with Crippen molar-refractivity contribution in [2.45, 2.75) is 44.8 Å². The van der Waals surface area contributed by atoms with Crippen LogP contribution in [0.1, 0.15) is 13.8 Å². The molecule has 0 aromatic heterocycles. The molecule has 0 amide bonds. The van der Waals surface area contributed by atoms with Gasteiger partial charge in [-0.15, -0.1) is 0 Å². The second-order valence-corrected chi connectivity index (χ2v) is 9.33. The first-order valence-electron chi connectivity index (χ1n) is 4.81. The van der Waals surface area contributed by atoms with Gasteiger partial charge in [0.05, 0.1) is 8.07 Å². The summed E-state index contributed by atoms with van der Waals surface area (Å²) in [5.74, 6) is -0.181. The molecule has 1 aliphatic rings. The molecule has 0 aliphatic carbocycles. The van der Waals surface area contributed by atoms with E-state index >= 15 is 0 Å². The van der Waals surface area contributed by atoms with Crippen molar-refractivity contribution >= 4 is 8.07 Å². The van der Waals surface area contributed by atoms with Gasteiger partial charge < -0.3 is 9.47 Å². The highest BCUT2D eigenvalue weighted by atomic mass is 28.3. The van der Waals surface area contributed by atoms with E-state index in [4.69, 9.17) is 9.47 Å². The Labute approximate surface area is 76.3 Å². The van der Waals surface area contributed by atoms with E-state index in [-0.39, 0.29) is 5.79 Å². The summed E-state index contributed by atoms with van der Waals surface area (Å²) in [7, 11) is -0.911. The fraction of sp³-hybridized carbons (Fsp3) is 1.00. The van der Waals surface area contributed by atoms with Gasteiger partial charge in [0.2, 0.25) is 0 Å². The van der Waals surface area contributed by atoms with E-state index in [2.05, 4.69) is 13.1 Å². The van der Waals surface area contributed by atoms with Gasteiger partial charge in [0.25, 0.3) is 0 Å². The van der Waals surface area contributed by atoms with E-state index in [0.717, 1.165) is 13.2 Å². The molecule has 12 heavy (non-hydrogen) atoms. The van der Waals surface area contributed by atoms with E-state index in [1.807, 2.05) is 13.8 Å². The second-order valence-electron chi connectivity index (χ2n) is 4.29. The molecule has 0 atom stereocenters. The number of hydrogen-bond acceptors (Lipinski definition) is 2. The zero-order chi connectivity index (χ0) is 9.24. The molecule has 0 aromatic carbocycles. The van der Waals surface area contributed by atoms with Crippen LogP contribution in [0.25, 0.3) is 0 Å². The summed E-state index contributed by atoms with van der Waals surface area (Å²) in [6, 6.07) is 2.34. The van der Waals surface area contributed by atoms with Crippen molar-refractivity contribution in [3.63, 3.8) is 0 Å². The van der Waals surface area contributed by atoms with Gasteiger partial charge in [0.15, 0.2) is 5.79 Å². The average molecular weight is 188 g/mol. The molecule has 0 radical (unpaired) electrons. The van der Waals surface area contributed by atoms with Gasteiger partial charge >= 0.3 is 0 Å². The molecule has 1 saturated heterocycles. The Morgan fingerprint density at radius 2 is 1.50 bits per heavy atom. The van der Waals surface area contributed by atoms with Crippen molar-refractivity contribution in [3.8, 4) is 0 Å². The molecule has 0 saturated carbocycles. The van der Waals surface area contributed by atoms with Crippen molar-refractivity contribution in [2.24, 2.45) is 0 Å². The van der Waals surface area contributed by atoms with Crippen LogP contribution < -0.4 is 0 Å². The highest BCUT2D eigenvalue weighted by molar-refractivity contribution is 6.80. The van der Waals surface area contributed by atoms with Crippen molar-refractivity contribution in [3.05, 3.63) is 0 Å². The molecule has 0 aromatic rings. The van der Waals surface area contributed by atoms with Crippen molar-refractivity contribution < 1.29 is 9.47 Å². The molecular weight excluding hydrogens is 168 g/mol. The van der Waals surface area contributed by atoms with Gasteiger partial charge in [0.1, 0.15) is 0 Å². The first-order chi connectivity index (χ1) is 5.54. The van der Waals surface area contributed by atoms with Crippen LogP contribution >= 0.6 is 0 Å². The molecule has 2 nitrogen and oxygen atoms in total. The van der Waals surface area contributed by atoms with E-state index in [9.17, 15) is 0 Å². The molecule has 3 heteroatoms. The quantitative estimate of drug-likeness (QED) is 0.498. The molecule has 1 aliphatic heterocycles. The summed E-state index contributed by atoms with van der Waals surface area (Å²) >= 11 is 0. The van der Waals surface area contributed by atoms with Crippen LogP contribution in [0.2, 0.25) is 25.2 Å². The van der Waals surface area contributed by atoms with Gasteiger partial charge in [-0.1, -0.05) is 13.1 Å². The molecule has 72 valence electrons. The third kappa shape index (κ3) is 2.09. The number of ether oxygens (including phenoxy) is 2. The van der Waals surface area contributed by atoms with E-state index in [1.54, 1.807) is 0 Å². The average Bonchev–Trinajstić information content (AvgIpc) is 1.83. The smallest absolute Gasteiger partial charge is 0.163 e. The lowest BCUT2D eigenvalue weighted by Crippen LogP contribution is -2.58. The van der Waals surface area contributed by atoms with Gasteiger partial charge in [-0.2, -0.15) is 0 Å². The van der Waals surface area contributed by atoms with Crippen LogP contribution in [0, 0.1) is 0 Å². The summed E-state index contributed by atoms with van der Waals surface area (Å²) in [5.41, 5.74) is 0. The number of hydrogen-bond donors (Lipinski definition) is 0. The molecule has 1 fully saturated rings. The maximum Gasteiger partial charge on any atom is 0.163 e. The minimum absolute atomic E-state index is 0.181. The highest BCUT2D eigenvalue weighted by Crippen LogP contribution is 2.45. The maximum absolute atomic E-state index is 5.65. The Hall–Kier alpha value is 0.137. The van der Waals surface area contributed by atoms with Crippen LogP contribution in [0.5, 0.6) is 0 Å². The SMILES string of the molecule is CCOC1(OCC)C[Si](C)(C)C1. The van der Waals surface area contributed by atoms with Crippen molar-refractivity contribution in [2.75, 3.05) is 13.2 Å². The van der Waals surface area contributed by atoms with Gasteiger partial charge in [-0.25, -0.2) is 0 Å². The molecule has 0 N–H and O–H groups in total. The fourth-order valence-electron chi connectivity index (χ4n) is 2.18. The van der Waals surface area contributed by atoms with Crippen LogP contribution in [0.15, 0.2) is 0 Å². The summed E-state index contributed by atoms with van der Waals surface area (Å²) in [6.07, 6.45) is 0. The molecular formula is C9H20O2Si. The lowest BCUT2D eigenvalue weighted by Gasteiger charge is -2.50. The molecule has 0 unspecified atom stereocenters. The predicted octanol–water partition coefficient (Wildman–Crippen LogP) is 2.48. The molecule has 1 heterocycles. The van der Waals surface area contributed by atoms with Crippen LogP contribution in [-0.2, 0) is 9.47 Å². The minimum atomic E-state index is -0.911. The summed E-state index contributed by atoms with van der Waals surface area (Å²) in [5, 5.41) is 0. The van der Waals surface area contributed by atoms with Crippen LogP contribution in [0.3, 0.4) is 0 Å². The normalized spacial score (nSPS) is 25.0. The Kier molecular flexibility index (Phi) is 2.96. The second kappa shape index (κ2) is 3.48. The Morgan fingerprint density at radius 1 is 1.08 bits per heavy atom. The zero-order valence-corrected chi connectivity index (χ0v) is 9.64. The monoisotopic (exact) mass is 188 g/mol. The van der Waals surface area contributed by atoms with Gasteiger partial charge in [-0.05, 0) is 25.9 Å². The largest absolute Gasteiger partial charge is 0.351 e. The van der Waals surface area contributed by atoms with Crippen molar-refractivity contribution in [1.82, 2.24) is 0 Å². The first kappa shape index (κ1) is 10.2.